The van der Waals surface area contributed by atoms with Gasteiger partial charge in [-0.3, -0.25) is 19.3 Å². The molecule has 0 aliphatic carbocycles. The van der Waals surface area contributed by atoms with Crippen LogP contribution in [0, 0.1) is 13.8 Å². The Hall–Kier alpha value is -3.74. The topological polar surface area (TPSA) is 84.3 Å². The van der Waals surface area contributed by atoms with Crippen LogP contribution in [0.2, 0.25) is 0 Å². The molecule has 0 atom stereocenters. The molecule has 1 aromatic heterocycles. The lowest BCUT2D eigenvalue weighted by molar-refractivity contribution is -0.116. The Balaban J connectivity index is 1.32. The van der Waals surface area contributed by atoms with Crippen LogP contribution >= 0.6 is 0 Å². The molecule has 1 aliphatic rings. The summed E-state index contributed by atoms with van der Waals surface area (Å²) < 4.78 is 2.04. The number of carbonyl (C=O) groups excluding carboxylic acids is 3. The van der Waals surface area contributed by atoms with Crippen molar-refractivity contribution in [2.24, 2.45) is 0 Å². The average molecular weight is 402 g/mol. The van der Waals surface area contributed by atoms with E-state index in [0.717, 1.165) is 21.9 Å². The number of amides is 3. The van der Waals surface area contributed by atoms with E-state index in [9.17, 15) is 14.4 Å². The molecule has 7 nitrogen and oxygen atoms in total. The van der Waals surface area contributed by atoms with Gasteiger partial charge in [-0.15, -0.1) is 0 Å². The molecule has 0 spiro atoms. The van der Waals surface area contributed by atoms with Crippen LogP contribution in [0.15, 0.2) is 54.9 Å². The lowest BCUT2D eigenvalue weighted by atomic mass is 10.1. The molecule has 3 aromatic rings. The number of hydrogen-bond donors (Lipinski definition) is 1. The Labute approximate surface area is 174 Å². The Morgan fingerprint density at radius 2 is 1.73 bits per heavy atom. The zero-order valence-corrected chi connectivity index (χ0v) is 16.9. The van der Waals surface area contributed by atoms with Crippen molar-refractivity contribution in [2.75, 3.05) is 11.9 Å². The number of imidazole rings is 1. The Morgan fingerprint density at radius 1 is 1.00 bits per heavy atom. The number of fused-ring (bicyclic) bond motifs is 1. The molecule has 152 valence electrons. The van der Waals surface area contributed by atoms with Gasteiger partial charge in [0.15, 0.2) is 0 Å². The summed E-state index contributed by atoms with van der Waals surface area (Å²) >= 11 is 0. The van der Waals surface area contributed by atoms with Crippen LogP contribution in [-0.2, 0) is 11.3 Å². The summed E-state index contributed by atoms with van der Waals surface area (Å²) in [4.78, 5) is 42.6. The maximum absolute atomic E-state index is 12.5. The van der Waals surface area contributed by atoms with Crippen molar-refractivity contribution >= 4 is 23.4 Å². The van der Waals surface area contributed by atoms with Gasteiger partial charge in [0, 0.05) is 37.6 Å². The fourth-order valence-corrected chi connectivity index (χ4v) is 3.51. The van der Waals surface area contributed by atoms with Gasteiger partial charge in [-0.25, -0.2) is 4.98 Å². The molecule has 0 fully saturated rings. The van der Waals surface area contributed by atoms with Gasteiger partial charge in [0.25, 0.3) is 11.8 Å². The first-order valence-corrected chi connectivity index (χ1v) is 9.76. The summed E-state index contributed by atoms with van der Waals surface area (Å²) in [7, 11) is 0. The minimum Gasteiger partial charge on any atom is -0.331 e. The molecule has 7 heteroatoms. The Bertz CT molecular complexity index is 1130. The van der Waals surface area contributed by atoms with Crippen LogP contribution in [0.5, 0.6) is 0 Å². The molecule has 4 rings (SSSR count). The Kier molecular flexibility index (Phi) is 5.18. The van der Waals surface area contributed by atoms with Crippen molar-refractivity contribution in [3.8, 4) is 0 Å². The second kappa shape index (κ2) is 7.94. The number of imide groups is 1. The average Bonchev–Trinajstić information content (AvgIpc) is 3.23. The molecule has 1 N–H and O–H groups in total. The van der Waals surface area contributed by atoms with Crippen molar-refractivity contribution in [2.45, 2.75) is 26.8 Å². The van der Waals surface area contributed by atoms with Gasteiger partial charge in [-0.2, -0.15) is 0 Å². The summed E-state index contributed by atoms with van der Waals surface area (Å²) in [5.74, 6) is 0.00392. The Morgan fingerprint density at radius 3 is 2.43 bits per heavy atom. The first kappa shape index (κ1) is 19.6. The van der Waals surface area contributed by atoms with E-state index < -0.39 is 0 Å². The van der Waals surface area contributed by atoms with Crippen LogP contribution < -0.4 is 5.32 Å². The first-order valence-electron chi connectivity index (χ1n) is 9.76. The first-order chi connectivity index (χ1) is 14.4. The number of carbonyl (C=O) groups is 3. The summed E-state index contributed by atoms with van der Waals surface area (Å²) in [6.45, 7) is 4.58. The second-order valence-corrected chi connectivity index (χ2v) is 7.41. The summed E-state index contributed by atoms with van der Waals surface area (Å²) in [5.41, 5.74) is 3.49. The molecule has 0 unspecified atom stereocenters. The van der Waals surface area contributed by atoms with Gasteiger partial charge >= 0.3 is 0 Å². The number of nitrogens with zero attached hydrogens (tertiary/aromatic N) is 3. The van der Waals surface area contributed by atoms with E-state index in [1.807, 2.05) is 48.9 Å². The maximum atomic E-state index is 12.5. The molecule has 30 heavy (non-hydrogen) atoms. The molecule has 0 saturated carbocycles. The largest absolute Gasteiger partial charge is 0.331 e. The smallest absolute Gasteiger partial charge is 0.261 e. The number of anilines is 1. The van der Waals surface area contributed by atoms with Gasteiger partial charge in [-0.1, -0.05) is 23.8 Å². The lowest BCUT2D eigenvalue weighted by Crippen LogP contribution is -2.32. The van der Waals surface area contributed by atoms with E-state index in [0.29, 0.717) is 23.4 Å². The van der Waals surface area contributed by atoms with E-state index in [1.54, 1.807) is 24.4 Å². The SMILES string of the molecule is Cc1ccc2c(c1)C(=O)N(CCC(=O)Nc1ccc(Cn3ccnc3C)cc1)C2=O. The monoisotopic (exact) mass is 402 g/mol. The quantitative estimate of drug-likeness (QED) is 0.642. The van der Waals surface area contributed by atoms with E-state index in [4.69, 9.17) is 0 Å². The number of aryl methyl sites for hydroxylation is 2. The minimum atomic E-state index is -0.345. The number of rotatable bonds is 6. The highest BCUT2D eigenvalue weighted by Gasteiger charge is 2.35. The standard InChI is InChI=1S/C23H22N4O3/c1-15-3-8-19-20(13-15)23(30)27(22(19)29)11-9-21(28)25-18-6-4-17(5-7-18)14-26-12-10-24-16(26)2/h3-8,10,12-13H,9,11,14H2,1-2H3,(H,25,28). The van der Waals surface area contributed by atoms with E-state index in [1.165, 1.54) is 0 Å². The fourth-order valence-electron chi connectivity index (χ4n) is 3.51. The number of benzene rings is 2. The zero-order chi connectivity index (χ0) is 21.3. The summed E-state index contributed by atoms with van der Waals surface area (Å²) in [6.07, 6.45) is 3.73. The third kappa shape index (κ3) is 3.87. The van der Waals surface area contributed by atoms with Crippen LogP contribution in [0.25, 0.3) is 0 Å². The molecule has 3 amide bonds. The zero-order valence-electron chi connectivity index (χ0n) is 16.9. The normalized spacial score (nSPS) is 12.9. The molecular weight excluding hydrogens is 380 g/mol. The number of aromatic nitrogens is 2. The highest BCUT2D eigenvalue weighted by Crippen LogP contribution is 2.24. The number of nitrogens with one attached hydrogen (secondary N) is 1. The molecule has 0 bridgehead atoms. The minimum absolute atomic E-state index is 0.0421. The maximum Gasteiger partial charge on any atom is 0.261 e. The molecule has 0 radical (unpaired) electrons. The highest BCUT2D eigenvalue weighted by atomic mass is 16.2. The molecule has 2 aromatic carbocycles. The predicted molar refractivity (Wildman–Crippen MR) is 112 cm³/mol. The van der Waals surface area contributed by atoms with Crippen molar-refractivity contribution in [3.63, 3.8) is 0 Å². The molecule has 0 saturated heterocycles. The van der Waals surface area contributed by atoms with Crippen LogP contribution in [0.3, 0.4) is 0 Å². The van der Waals surface area contributed by atoms with Gasteiger partial charge < -0.3 is 9.88 Å². The number of hydrogen-bond acceptors (Lipinski definition) is 4. The fraction of sp³-hybridized carbons (Fsp3) is 0.217. The van der Waals surface area contributed by atoms with Crippen molar-refractivity contribution in [3.05, 3.63) is 82.9 Å². The van der Waals surface area contributed by atoms with Crippen LogP contribution in [-0.4, -0.2) is 38.7 Å². The summed E-state index contributed by atoms with van der Waals surface area (Å²) in [6, 6.07) is 12.7. The lowest BCUT2D eigenvalue weighted by Gasteiger charge is -2.13. The van der Waals surface area contributed by atoms with Crippen molar-refractivity contribution in [1.29, 1.82) is 0 Å². The third-order valence-corrected chi connectivity index (χ3v) is 5.20. The van der Waals surface area contributed by atoms with Crippen LogP contribution in [0.4, 0.5) is 5.69 Å². The predicted octanol–water partition coefficient (Wildman–Crippen LogP) is 3.17. The van der Waals surface area contributed by atoms with Gasteiger partial charge in [0.05, 0.1) is 11.1 Å². The highest BCUT2D eigenvalue weighted by molar-refractivity contribution is 6.21. The van der Waals surface area contributed by atoms with Gasteiger partial charge in [0.2, 0.25) is 5.91 Å². The van der Waals surface area contributed by atoms with Crippen LogP contribution in [0.1, 0.15) is 44.1 Å². The molecule has 1 aliphatic heterocycles. The van der Waals surface area contributed by atoms with E-state index in [-0.39, 0.29) is 30.7 Å². The second-order valence-electron chi connectivity index (χ2n) is 7.41. The molecule has 2 heterocycles. The van der Waals surface area contributed by atoms with Gasteiger partial charge in [-0.05, 0) is 43.7 Å². The van der Waals surface area contributed by atoms with E-state index >= 15 is 0 Å². The van der Waals surface area contributed by atoms with E-state index in [2.05, 4.69) is 10.3 Å². The van der Waals surface area contributed by atoms with Crippen molar-refractivity contribution in [1.82, 2.24) is 14.5 Å². The summed E-state index contributed by atoms with van der Waals surface area (Å²) in [5, 5.41) is 2.82. The molecular formula is C23H22N4O3. The van der Waals surface area contributed by atoms with Crippen molar-refractivity contribution < 1.29 is 14.4 Å². The van der Waals surface area contributed by atoms with Gasteiger partial charge in [0.1, 0.15) is 5.82 Å². The third-order valence-electron chi connectivity index (χ3n) is 5.20.